The van der Waals surface area contributed by atoms with Gasteiger partial charge in [-0.2, -0.15) is 0 Å². The van der Waals surface area contributed by atoms with E-state index in [1.807, 2.05) is 30.3 Å². The van der Waals surface area contributed by atoms with Crippen LogP contribution in [0.3, 0.4) is 0 Å². The molecule has 0 spiro atoms. The monoisotopic (exact) mass is 272 g/mol. The number of ether oxygens (including phenoxy) is 1. The van der Waals surface area contributed by atoms with E-state index in [-0.39, 0.29) is 18.8 Å². The molecule has 2 rings (SSSR count). The molecule has 2 aromatic rings. The molecule has 104 valence electrons. The van der Waals surface area contributed by atoms with E-state index in [1.165, 1.54) is 12.1 Å². The lowest BCUT2D eigenvalue weighted by molar-refractivity contribution is -0.154. The second kappa shape index (κ2) is 6.73. The molecular formula is C16H16O4. The molecule has 0 amide bonds. The molecule has 1 atom stereocenters. The zero-order valence-electron chi connectivity index (χ0n) is 10.9. The summed E-state index contributed by atoms with van der Waals surface area (Å²) < 4.78 is 5.05. The number of carbonyl (C=O) groups excluding carboxylic acids is 1. The number of benzene rings is 2. The highest BCUT2D eigenvalue weighted by Gasteiger charge is 2.17. The molecule has 4 nitrogen and oxygen atoms in total. The number of rotatable bonds is 5. The molecule has 0 bridgehead atoms. The van der Waals surface area contributed by atoms with Crippen molar-refractivity contribution >= 4 is 5.97 Å². The first-order valence-electron chi connectivity index (χ1n) is 6.31. The average molecular weight is 272 g/mol. The van der Waals surface area contributed by atoms with E-state index < -0.39 is 12.1 Å². The van der Waals surface area contributed by atoms with Gasteiger partial charge in [-0.25, -0.2) is 4.79 Å². The van der Waals surface area contributed by atoms with Gasteiger partial charge < -0.3 is 14.9 Å². The Bertz CT molecular complexity index is 548. The maximum atomic E-state index is 11.7. The first kappa shape index (κ1) is 14.1. The van der Waals surface area contributed by atoms with E-state index in [2.05, 4.69) is 0 Å². The Kier molecular flexibility index (Phi) is 4.74. The van der Waals surface area contributed by atoms with Crippen molar-refractivity contribution in [2.75, 3.05) is 0 Å². The molecule has 0 saturated carbocycles. The van der Waals surface area contributed by atoms with E-state index in [0.29, 0.717) is 0 Å². The van der Waals surface area contributed by atoms with Crippen LogP contribution in [0.25, 0.3) is 0 Å². The van der Waals surface area contributed by atoms with E-state index in [0.717, 1.165) is 11.1 Å². The van der Waals surface area contributed by atoms with Crippen molar-refractivity contribution in [1.82, 2.24) is 0 Å². The highest BCUT2D eigenvalue weighted by atomic mass is 16.5. The number of esters is 1. The van der Waals surface area contributed by atoms with E-state index in [4.69, 9.17) is 9.84 Å². The molecule has 0 heterocycles. The summed E-state index contributed by atoms with van der Waals surface area (Å²) in [4.78, 5) is 11.7. The lowest BCUT2D eigenvalue weighted by Gasteiger charge is -2.11. The van der Waals surface area contributed by atoms with Crippen molar-refractivity contribution in [2.45, 2.75) is 19.1 Å². The van der Waals surface area contributed by atoms with Gasteiger partial charge in [0.1, 0.15) is 12.4 Å². The van der Waals surface area contributed by atoms with Gasteiger partial charge >= 0.3 is 5.97 Å². The maximum Gasteiger partial charge on any atom is 0.335 e. The topological polar surface area (TPSA) is 66.8 Å². The number of aromatic hydroxyl groups is 1. The number of carbonyl (C=O) groups is 1. The minimum atomic E-state index is -1.21. The van der Waals surface area contributed by atoms with E-state index >= 15 is 0 Å². The molecule has 0 saturated heterocycles. The van der Waals surface area contributed by atoms with Gasteiger partial charge in [0.15, 0.2) is 6.10 Å². The van der Waals surface area contributed by atoms with Gasteiger partial charge in [-0.3, -0.25) is 0 Å². The van der Waals surface area contributed by atoms with Crippen molar-refractivity contribution in [1.29, 1.82) is 0 Å². The van der Waals surface area contributed by atoms with Crippen LogP contribution in [0.5, 0.6) is 5.75 Å². The smallest absolute Gasteiger partial charge is 0.335 e. The Morgan fingerprint density at radius 1 is 1.00 bits per heavy atom. The van der Waals surface area contributed by atoms with Crippen LogP contribution in [-0.4, -0.2) is 22.3 Å². The highest BCUT2D eigenvalue weighted by Crippen LogP contribution is 2.12. The zero-order valence-corrected chi connectivity index (χ0v) is 10.9. The van der Waals surface area contributed by atoms with Gasteiger partial charge in [0.2, 0.25) is 0 Å². The summed E-state index contributed by atoms with van der Waals surface area (Å²) in [6.45, 7) is 0.145. The van der Waals surface area contributed by atoms with Crippen LogP contribution in [0.2, 0.25) is 0 Å². The van der Waals surface area contributed by atoms with Gasteiger partial charge in [0.05, 0.1) is 0 Å². The van der Waals surface area contributed by atoms with Crippen LogP contribution in [-0.2, 0) is 22.6 Å². The summed E-state index contributed by atoms with van der Waals surface area (Å²) in [5.74, 6) is -0.503. The average Bonchev–Trinajstić information content (AvgIpc) is 2.48. The number of aliphatic hydroxyl groups excluding tert-OH is 1. The molecule has 0 aliphatic rings. The fourth-order valence-electron chi connectivity index (χ4n) is 1.76. The summed E-state index contributed by atoms with van der Waals surface area (Å²) in [5.41, 5.74) is 1.63. The molecule has 0 unspecified atom stereocenters. The fourth-order valence-corrected chi connectivity index (χ4v) is 1.76. The van der Waals surface area contributed by atoms with Gasteiger partial charge in [-0.05, 0) is 23.3 Å². The first-order valence-corrected chi connectivity index (χ1v) is 6.31. The third-order valence-corrected chi connectivity index (χ3v) is 2.86. The molecule has 0 fully saturated rings. The number of phenolic OH excluding ortho intramolecular Hbond substituents is 1. The minimum absolute atomic E-state index is 0.145. The van der Waals surface area contributed by atoms with E-state index in [9.17, 15) is 9.90 Å². The van der Waals surface area contributed by atoms with Gasteiger partial charge in [0, 0.05) is 6.42 Å². The van der Waals surface area contributed by atoms with Crippen molar-refractivity contribution in [3.63, 3.8) is 0 Å². The van der Waals surface area contributed by atoms with Crippen LogP contribution in [0.15, 0.2) is 54.6 Å². The summed E-state index contributed by atoms with van der Waals surface area (Å²) in [6, 6.07) is 15.6. The van der Waals surface area contributed by atoms with Crippen LogP contribution in [0, 0.1) is 0 Å². The summed E-state index contributed by atoms with van der Waals surface area (Å²) in [6.07, 6.45) is -1.04. The molecule has 0 aromatic heterocycles. The molecular weight excluding hydrogens is 256 g/mol. The molecule has 2 aromatic carbocycles. The standard InChI is InChI=1S/C16H16O4/c17-14-8-6-12(7-9-14)10-15(18)16(19)20-11-13-4-2-1-3-5-13/h1-9,15,17-18H,10-11H2/t15-/m0/s1. The third kappa shape index (κ3) is 4.10. The largest absolute Gasteiger partial charge is 0.508 e. The zero-order chi connectivity index (χ0) is 14.4. The molecule has 20 heavy (non-hydrogen) atoms. The Morgan fingerprint density at radius 3 is 2.30 bits per heavy atom. The second-order valence-electron chi connectivity index (χ2n) is 4.48. The Labute approximate surface area is 117 Å². The van der Waals surface area contributed by atoms with Crippen LogP contribution < -0.4 is 0 Å². The number of phenols is 1. The number of hydrogen-bond acceptors (Lipinski definition) is 4. The van der Waals surface area contributed by atoms with Crippen LogP contribution in [0.1, 0.15) is 11.1 Å². The Balaban J connectivity index is 1.84. The molecule has 4 heteroatoms. The van der Waals surface area contributed by atoms with Gasteiger partial charge in [-0.15, -0.1) is 0 Å². The highest BCUT2D eigenvalue weighted by molar-refractivity contribution is 5.74. The molecule has 0 radical (unpaired) electrons. The first-order chi connectivity index (χ1) is 9.65. The summed E-state index contributed by atoms with van der Waals surface area (Å²) in [5, 5.41) is 18.9. The summed E-state index contributed by atoms with van der Waals surface area (Å²) >= 11 is 0. The quantitative estimate of drug-likeness (QED) is 0.817. The molecule has 2 N–H and O–H groups in total. The fraction of sp³-hybridized carbons (Fsp3) is 0.188. The van der Waals surface area contributed by atoms with Crippen LogP contribution >= 0.6 is 0 Å². The third-order valence-electron chi connectivity index (χ3n) is 2.86. The molecule has 0 aliphatic carbocycles. The van der Waals surface area contributed by atoms with Crippen molar-refractivity contribution < 1.29 is 19.7 Å². The number of aliphatic hydroxyl groups is 1. The molecule has 0 aliphatic heterocycles. The lowest BCUT2D eigenvalue weighted by Crippen LogP contribution is -2.25. The van der Waals surface area contributed by atoms with Crippen molar-refractivity contribution in [3.05, 3.63) is 65.7 Å². The Morgan fingerprint density at radius 2 is 1.65 bits per heavy atom. The maximum absolute atomic E-state index is 11.7. The van der Waals surface area contributed by atoms with E-state index in [1.54, 1.807) is 12.1 Å². The lowest BCUT2D eigenvalue weighted by atomic mass is 10.1. The predicted octanol–water partition coefficient (Wildman–Crippen LogP) is 2.04. The predicted molar refractivity (Wildman–Crippen MR) is 74.1 cm³/mol. The van der Waals surface area contributed by atoms with Crippen LogP contribution in [0.4, 0.5) is 0 Å². The van der Waals surface area contributed by atoms with Crippen molar-refractivity contribution in [3.8, 4) is 5.75 Å². The minimum Gasteiger partial charge on any atom is -0.508 e. The summed E-state index contributed by atoms with van der Waals surface area (Å²) in [7, 11) is 0. The Hall–Kier alpha value is -2.33. The second-order valence-corrected chi connectivity index (χ2v) is 4.48. The number of hydrogen-bond donors (Lipinski definition) is 2. The van der Waals surface area contributed by atoms with Gasteiger partial charge in [-0.1, -0.05) is 42.5 Å². The van der Waals surface area contributed by atoms with Crippen molar-refractivity contribution in [2.24, 2.45) is 0 Å². The van der Waals surface area contributed by atoms with Gasteiger partial charge in [0.25, 0.3) is 0 Å². The normalized spacial score (nSPS) is 11.8. The SMILES string of the molecule is O=C(OCc1ccccc1)[C@@H](O)Cc1ccc(O)cc1.